The van der Waals surface area contributed by atoms with Gasteiger partial charge in [-0.15, -0.1) is 0 Å². The summed E-state index contributed by atoms with van der Waals surface area (Å²) in [5, 5.41) is 18.6. The van der Waals surface area contributed by atoms with Gasteiger partial charge < -0.3 is 10.6 Å². The fourth-order valence-corrected chi connectivity index (χ4v) is 2.62. The number of nitro groups is 1. The van der Waals surface area contributed by atoms with E-state index in [9.17, 15) is 10.1 Å². The first-order valence-electron chi connectivity index (χ1n) is 6.75. The average Bonchev–Trinajstić information content (AvgIpc) is 2.97. The van der Waals surface area contributed by atoms with Crippen molar-refractivity contribution in [2.45, 2.75) is 18.9 Å². The summed E-state index contributed by atoms with van der Waals surface area (Å²) >= 11 is 0. The van der Waals surface area contributed by atoms with Crippen LogP contribution < -0.4 is 10.6 Å². The molecule has 1 saturated heterocycles. The van der Waals surface area contributed by atoms with Gasteiger partial charge in [0.05, 0.1) is 4.92 Å². The molecule has 1 unspecified atom stereocenters. The lowest BCUT2D eigenvalue weighted by atomic mass is 10.1. The second-order valence-corrected chi connectivity index (χ2v) is 4.96. The topological polar surface area (TPSA) is 80.1 Å². The summed E-state index contributed by atoms with van der Waals surface area (Å²) in [5.74, 6) is 0. The van der Waals surface area contributed by atoms with Crippen LogP contribution in [-0.4, -0.2) is 29.0 Å². The van der Waals surface area contributed by atoms with Crippen molar-refractivity contribution in [1.82, 2.24) is 10.3 Å². The third kappa shape index (κ3) is 2.42. The van der Waals surface area contributed by atoms with Crippen LogP contribution in [0.15, 0.2) is 30.5 Å². The molecule has 1 aromatic carbocycles. The van der Waals surface area contributed by atoms with Crippen molar-refractivity contribution in [2.24, 2.45) is 0 Å². The van der Waals surface area contributed by atoms with Gasteiger partial charge >= 0.3 is 0 Å². The Balaban J connectivity index is 1.91. The van der Waals surface area contributed by atoms with E-state index in [0.29, 0.717) is 11.6 Å². The number of anilines is 1. The van der Waals surface area contributed by atoms with Crippen molar-refractivity contribution in [3.05, 3.63) is 40.6 Å². The number of aromatic nitrogens is 1. The van der Waals surface area contributed by atoms with Crippen LogP contribution in [0.3, 0.4) is 0 Å². The van der Waals surface area contributed by atoms with E-state index in [0.717, 1.165) is 30.6 Å². The first-order valence-corrected chi connectivity index (χ1v) is 6.75. The molecule has 2 heterocycles. The number of nitrogens with one attached hydrogen (secondary N) is 2. The molecule has 2 N–H and O–H groups in total. The van der Waals surface area contributed by atoms with Crippen LogP contribution in [0, 0.1) is 10.1 Å². The smallest absolute Gasteiger partial charge is 0.295 e. The number of hydrogen-bond donors (Lipinski definition) is 2. The molecule has 6 heteroatoms. The Labute approximate surface area is 116 Å². The predicted molar refractivity (Wildman–Crippen MR) is 77.9 cm³/mol. The number of nitro benzene ring substituents is 1. The maximum Gasteiger partial charge on any atom is 0.295 e. The molecule has 3 rings (SSSR count). The van der Waals surface area contributed by atoms with Crippen LogP contribution in [0.5, 0.6) is 0 Å². The molecule has 1 atom stereocenters. The van der Waals surface area contributed by atoms with E-state index < -0.39 is 4.92 Å². The molecular weight excluding hydrogens is 256 g/mol. The summed E-state index contributed by atoms with van der Waals surface area (Å²) in [5.41, 5.74) is 1.37. The van der Waals surface area contributed by atoms with Gasteiger partial charge in [0, 0.05) is 35.9 Å². The normalized spacial score (nSPS) is 18.3. The molecule has 1 aliphatic heterocycles. The van der Waals surface area contributed by atoms with Crippen LogP contribution in [-0.2, 0) is 0 Å². The van der Waals surface area contributed by atoms with E-state index in [4.69, 9.17) is 0 Å². The molecule has 20 heavy (non-hydrogen) atoms. The van der Waals surface area contributed by atoms with Gasteiger partial charge in [0.25, 0.3) is 5.69 Å². The van der Waals surface area contributed by atoms with Gasteiger partial charge in [0.1, 0.15) is 5.52 Å². The van der Waals surface area contributed by atoms with Crippen molar-refractivity contribution >= 4 is 22.3 Å². The summed E-state index contributed by atoms with van der Waals surface area (Å²) in [6.07, 6.45) is 3.95. The van der Waals surface area contributed by atoms with E-state index in [1.165, 1.54) is 12.5 Å². The zero-order valence-electron chi connectivity index (χ0n) is 11.0. The average molecular weight is 272 g/mol. The summed E-state index contributed by atoms with van der Waals surface area (Å²) < 4.78 is 0. The number of fused-ring (bicyclic) bond motifs is 1. The first-order chi connectivity index (χ1) is 9.75. The van der Waals surface area contributed by atoms with Crippen molar-refractivity contribution < 1.29 is 4.92 Å². The predicted octanol–water partition coefficient (Wildman–Crippen LogP) is 2.31. The fourth-order valence-electron chi connectivity index (χ4n) is 2.62. The lowest BCUT2D eigenvalue weighted by Crippen LogP contribution is -2.29. The SMILES string of the molecule is O=[N+]([O-])c1ccc(NCC2CCCN2)c2cccnc12. The second-order valence-electron chi connectivity index (χ2n) is 4.96. The summed E-state index contributed by atoms with van der Waals surface area (Å²) in [6, 6.07) is 7.40. The van der Waals surface area contributed by atoms with Crippen LogP contribution in [0.1, 0.15) is 12.8 Å². The highest BCUT2D eigenvalue weighted by molar-refractivity contribution is 5.96. The first kappa shape index (κ1) is 12.8. The minimum absolute atomic E-state index is 0.0464. The molecule has 0 spiro atoms. The lowest BCUT2D eigenvalue weighted by Gasteiger charge is -2.14. The Kier molecular flexibility index (Phi) is 3.47. The van der Waals surface area contributed by atoms with Crippen molar-refractivity contribution in [3.8, 4) is 0 Å². The molecule has 1 fully saturated rings. The van der Waals surface area contributed by atoms with Crippen molar-refractivity contribution in [3.63, 3.8) is 0 Å². The third-order valence-electron chi connectivity index (χ3n) is 3.65. The van der Waals surface area contributed by atoms with Gasteiger partial charge in [-0.2, -0.15) is 0 Å². The van der Waals surface area contributed by atoms with Crippen LogP contribution in [0.25, 0.3) is 10.9 Å². The van der Waals surface area contributed by atoms with Crippen molar-refractivity contribution in [2.75, 3.05) is 18.4 Å². The van der Waals surface area contributed by atoms with Crippen LogP contribution in [0.2, 0.25) is 0 Å². The van der Waals surface area contributed by atoms with Gasteiger partial charge in [0.15, 0.2) is 0 Å². The number of benzene rings is 1. The van der Waals surface area contributed by atoms with Crippen LogP contribution in [0.4, 0.5) is 11.4 Å². The Morgan fingerprint density at radius 3 is 3.10 bits per heavy atom. The molecular formula is C14H16N4O2. The molecule has 0 bridgehead atoms. The van der Waals surface area contributed by atoms with Gasteiger partial charge in [0.2, 0.25) is 0 Å². The molecule has 0 amide bonds. The quantitative estimate of drug-likeness (QED) is 0.659. The third-order valence-corrected chi connectivity index (χ3v) is 3.65. The number of non-ortho nitro benzene ring substituents is 1. The molecule has 0 aliphatic carbocycles. The molecule has 0 saturated carbocycles. The minimum Gasteiger partial charge on any atom is -0.383 e. The molecule has 6 nitrogen and oxygen atoms in total. The fraction of sp³-hybridized carbons (Fsp3) is 0.357. The Hall–Kier alpha value is -2.21. The molecule has 2 aromatic rings. The largest absolute Gasteiger partial charge is 0.383 e. The van der Waals surface area contributed by atoms with Gasteiger partial charge in [-0.25, -0.2) is 4.98 Å². The lowest BCUT2D eigenvalue weighted by molar-refractivity contribution is -0.383. The van der Waals surface area contributed by atoms with Gasteiger partial charge in [-0.3, -0.25) is 10.1 Å². The Morgan fingerprint density at radius 1 is 1.45 bits per heavy atom. The highest BCUT2D eigenvalue weighted by Gasteiger charge is 2.17. The van der Waals surface area contributed by atoms with E-state index in [2.05, 4.69) is 15.6 Å². The molecule has 1 aromatic heterocycles. The Morgan fingerprint density at radius 2 is 2.35 bits per heavy atom. The summed E-state index contributed by atoms with van der Waals surface area (Å²) in [6.45, 7) is 1.89. The second kappa shape index (κ2) is 5.42. The van der Waals surface area contributed by atoms with Gasteiger partial charge in [-0.05, 0) is 37.6 Å². The van der Waals surface area contributed by atoms with E-state index in [-0.39, 0.29) is 5.69 Å². The summed E-state index contributed by atoms with van der Waals surface area (Å²) in [4.78, 5) is 14.8. The maximum atomic E-state index is 11.0. The zero-order valence-corrected chi connectivity index (χ0v) is 11.0. The molecule has 104 valence electrons. The summed E-state index contributed by atoms with van der Waals surface area (Å²) in [7, 11) is 0. The number of nitrogens with zero attached hydrogens (tertiary/aromatic N) is 2. The van der Waals surface area contributed by atoms with E-state index in [1.807, 2.05) is 6.07 Å². The minimum atomic E-state index is -0.391. The molecule has 1 aliphatic rings. The van der Waals surface area contributed by atoms with E-state index in [1.54, 1.807) is 18.3 Å². The standard InChI is InChI=1S/C14H16N4O2/c19-18(20)13-6-5-12(11-4-2-8-16-14(11)13)17-9-10-3-1-7-15-10/h2,4-6,8,10,15,17H,1,3,7,9H2. The van der Waals surface area contributed by atoms with E-state index >= 15 is 0 Å². The number of pyridine rings is 1. The maximum absolute atomic E-state index is 11.0. The zero-order chi connectivity index (χ0) is 13.9. The van der Waals surface area contributed by atoms with Crippen molar-refractivity contribution in [1.29, 1.82) is 0 Å². The van der Waals surface area contributed by atoms with Crippen LogP contribution >= 0.6 is 0 Å². The number of hydrogen-bond acceptors (Lipinski definition) is 5. The molecule has 0 radical (unpaired) electrons. The highest BCUT2D eigenvalue weighted by Crippen LogP contribution is 2.29. The van der Waals surface area contributed by atoms with Gasteiger partial charge in [-0.1, -0.05) is 0 Å². The highest BCUT2D eigenvalue weighted by atomic mass is 16.6. The number of rotatable bonds is 4. The monoisotopic (exact) mass is 272 g/mol. The Bertz CT molecular complexity index is 638.